The molecule has 0 unspecified atom stereocenters. The van der Waals surface area contributed by atoms with Crippen LogP contribution in [0.4, 0.5) is 0 Å². The molecular formula is C17H21N3O2S. The molecule has 5 nitrogen and oxygen atoms in total. The summed E-state index contributed by atoms with van der Waals surface area (Å²) in [4.78, 5) is 19.4. The number of piperidine rings is 1. The maximum Gasteiger partial charge on any atom is 0.226 e. The molecule has 2 fully saturated rings. The minimum atomic E-state index is 0.0821. The summed E-state index contributed by atoms with van der Waals surface area (Å²) in [6, 6.07) is 4.59. The second-order valence-corrected chi connectivity index (χ2v) is 7.22. The number of aromatic nitrogens is 1. The van der Waals surface area contributed by atoms with Crippen LogP contribution in [-0.4, -0.2) is 41.0 Å². The molecule has 2 atom stereocenters. The fraction of sp³-hybridized carbons (Fsp3) is 0.529. The van der Waals surface area contributed by atoms with E-state index in [0.29, 0.717) is 18.5 Å². The van der Waals surface area contributed by atoms with E-state index in [9.17, 15) is 4.79 Å². The molecule has 0 aromatic carbocycles. The van der Waals surface area contributed by atoms with Gasteiger partial charge in [0.05, 0.1) is 18.4 Å². The smallest absolute Gasteiger partial charge is 0.226 e. The molecule has 122 valence electrons. The van der Waals surface area contributed by atoms with Crippen LogP contribution in [0.15, 0.2) is 28.2 Å². The highest BCUT2D eigenvalue weighted by molar-refractivity contribution is 7.13. The molecule has 0 spiro atoms. The van der Waals surface area contributed by atoms with E-state index in [0.717, 1.165) is 29.4 Å². The Morgan fingerprint density at radius 2 is 2.35 bits per heavy atom. The third-order valence-corrected chi connectivity index (χ3v) is 5.73. The standard InChI is InChI=1S/C17H21N3O2S/c21-16(19-13-6-8-20-7-2-1-4-14(13)20)10-12-11-23-17(18-12)15-5-3-9-22-15/h3,5,9,11,13-14H,1-2,4,6-8,10H2,(H,19,21)/t13-,14-/m1/s1. The van der Waals surface area contributed by atoms with Gasteiger partial charge in [-0.3, -0.25) is 9.69 Å². The van der Waals surface area contributed by atoms with Gasteiger partial charge in [0.15, 0.2) is 10.8 Å². The van der Waals surface area contributed by atoms with Gasteiger partial charge in [-0.25, -0.2) is 4.98 Å². The first-order valence-corrected chi connectivity index (χ1v) is 9.19. The minimum absolute atomic E-state index is 0.0821. The van der Waals surface area contributed by atoms with E-state index in [2.05, 4.69) is 15.2 Å². The number of nitrogens with one attached hydrogen (secondary N) is 1. The Balaban J connectivity index is 1.35. The lowest BCUT2D eigenvalue weighted by Gasteiger charge is -2.32. The molecule has 0 radical (unpaired) electrons. The van der Waals surface area contributed by atoms with Gasteiger partial charge in [0, 0.05) is 24.0 Å². The van der Waals surface area contributed by atoms with E-state index in [1.807, 2.05) is 17.5 Å². The van der Waals surface area contributed by atoms with Crippen molar-refractivity contribution < 1.29 is 9.21 Å². The first-order valence-electron chi connectivity index (χ1n) is 8.31. The second kappa shape index (κ2) is 6.45. The molecule has 4 heterocycles. The lowest BCUT2D eigenvalue weighted by atomic mass is 9.99. The van der Waals surface area contributed by atoms with Gasteiger partial charge in [-0.05, 0) is 37.9 Å². The van der Waals surface area contributed by atoms with Crippen LogP contribution >= 0.6 is 11.3 Å². The van der Waals surface area contributed by atoms with E-state index in [-0.39, 0.29) is 5.91 Å². The van der Waals surface area contributed by atoms with Crippen LogP contribution in [0, 0.1) is 0 Å². The summed E-state index contributed by atoms with van der Waals surface area (Å²) in [5.74, 6) is 0.842. The van der Waals surface area contributed by atoms with Crippen LogP contribution < -0.4 is 5.32 Å². The first kappa shape index (κ1) is 14.9. The predicted octanol–water partition coefficient (Wildman–Crippen LogP) is 2.69. The van der Waals surface area contributed by atoms with E-state index in [1.54, 1.807) is 6.26 Å². The maximum atomic E-state index is 12.4. The highest BCUT2D eigenvalue weighted by atomic mass is 32.1. The summed E-state index contributed by atoms with van der Waals surface area (Å²) >= 11 is 1.52. The second-order valence-electron chi connectivity index (χ2n) is 6.36. The van der Waals surface area contributed by atoms with Gasteiger partial charge < -0.3 is 9.73 Å². The number of carbonyl (C=O) groups excluding carboxylic acids is 1. The average Bonchev–Trinajstić information content (AvgIpc) is 3.27. The highest BCUT2D eigenvalue weighted by Gasteiger charge is 2.36. The van der Waals surface area contributed by atoms with E-state index >= 15 is 0 Å². The minimum Gasteiger partial charge on any atom is -0.462 e. The Morgan fingerprint density at radius 1 is 1.39 bits per heavy atom. The third-order valence-electron chi connectivity index (χ3n) is 4.83. The molecule has 23 heavy (non-hydrogen) atoms. The Labute approximate surface area is 139 Å². The van der Waals surface area contributed by atoms with Crippen molar-refractivity contribution in [3.8, 4) is 10.8 Å². The molecule has 1 N–H and O–H groups in total. The summed E-state index contributed by atoms with van der Waals surface area (Å²) < 4.78 is 5.35. The maximum absolute atomic E-state index is 12.4. The van der Waals surface area contributed by atoms with Crippen molar-refractivity contribution in [2.24, 2.45) is 0 Å². The molecule has 2 aromatic heterocycles. The molecule has 0 saturated carbocycles. The molecule has 0 aliphatic carbocycles. The third kappa shape index (κ3) is 3.19. The zero-order valence-corrected chi connectivity index (χ0v) is 13.8. The molecule has 4 rings (SSSR count). The zero-order valence-electron chi connectivity index (χ0n) is 13.0. The van der Waals surface area contributed by atoms with Crippen molar-refractivity contribution in [2.45, 2.75) is 44.2 Å². The largest absolute Gasteiger partial charge is 0.462 e. The Morgan fingerprint density at radius 3 is 3.22 bits per heavy atom. The lowest BCUT2D eigenvalue weighted by molar-refractivity contribution is -0.121. The molecule has 6 heteroatoms. The topological polar surface area (TPSA) is 58.4 Å². The average molecular weight is 331 g/mol. The van der Waals surface area contributed by atoms with Crippen molar-refractivity contribution in [3.05, 3.63) is 29.5 Å². The number of amides is 1. The van der Waals surface area contributed by atoms with Gasteiger partial charge in [0.25, 0.3) is 0 Å². The van der Waals surface area contributed by atoms with Gasteiger partial charge in [-0.2, -0.15) is 0 Å². The van der Waals surface area contributed by atoms with E-state index < -0.39 is 0 Å². The highest BCUT2D eigenvalue weighted by Crippen LogP contribution is 2.27. The van der Waals surface area contributed by atoms with Crippen molar-refractivity contribution in [1.82, 2.24) is 15.2 Å². The van der Waals surface area contributed by atoms with Gasteiger partial charge >= 0.3 is 0 Å². The van der Waals surface area contributed by atoms with Crippen molar-refractivity contribution >= 4 is 17.2 Å². The van der Waals surface area contributed by atoms with Crippen molar-refractivity contribution in [3.63, 3.8) is 0 Å². The van der Waals surface area contributed by atoms with E-state index in [1.165, 1.54) is 37.1 Å². The SMILES string of the molecule is O=C(Cc1csc(-c2ccco2)n1)N[C@@H]1CCN2CCCC[C@H]12. The van der Waals surface area contributed by atoms with Gasteiger partial charge in [-0.1, -0.05) is 6.42 Å². The fourth-order valence-corrected chi connectivity index (χ4v) is 4.53. The Bertz CT molecular complexity index is 667. The molecule has 2 aliphatic rings. The van der Waals surface area contributed by atoms with Gasteiger partial charge in [0.2, 0.25) is 5.91 Å². The number of furan rings is 1. The molecule has 1 amide bonds. The Kier molecular flexibility index (Phi) is 4.18. The summed E-state index contributed by atoms with van der Waals surface area (Å²) in [7, 11) is 0. The summed E-state index contributed by atoms with van der Waals surface area (Å²) in [6.07, 6.45) is 6.85. The van der Waals surface area contributed by atoms with Crippen LogP contribution in [0.5, 0.6) is 0 Å². The van der Waals surface area contributed by atoms with Crippen LogP contribution in [0.25, 0.3) is 10.8 Å². The summed E-state index contributed by atoms with van der Waals surface area (Å²) in [5.41, 5.74) is 0.817. The molecule has 0 bridgehead atoms. The van der Waals surface area contributed by atoms with Crippen LogP contribution in [0.2, 0.25) is 0 Å². The molecular weight excluding hydrogens is 310 g/mol. The number of carbonyl (C=O) groups is 1. The molecule has 2 aliphatic heterocycles. The normalized spacial score (nSPS) is 24.5. The lowest BCUT2D eigenvalue weighted by Crippen LogP contribution is -2.47. The number of fused-ring (bicyclic) bond motifs is 1. The Hall–Kier alpha value is -1.66. The van der Waals surface area contributed by atoms with Crippen LogP contribution in [0.3, 0.4) is 0 Å². The summed E-state index contributed by atoms with van der Waals surface area (Å²) in [6.45, 7) is 2.31. The van der Waals surface area contributed by atoms with E-state index in [4.69, 9.17) is 4.42 Å². The van der Waals surface area contributed by atoms with Gasteiger partial charge in [0.1, 0.15) is 0 Å². The van der Waals surface area contributed by atoms with Gasteiger partial charge in [-0.15, -0.1) is 11.3 Å². The number of rotatable bonds is 4. The zero-order chi connectivity index (χ0) is 15.6. The molecule has 2 saturated heterocycles. The number of nitrogens with zero attached hydrogens (tertiary/aromatic N) is 2. The first-order chi connectivity index (χ1) is 11.3. The fourth-order valence-electron chi connectivity index (χ4n) is 3.74. The van der Waals surface area contributed by atoms with Crippen molar-refractivity contribution in [1.29, 1.82) is 0 Å². The van der Waals surface area contributed by atoms with Crippen LogP contribution in [0.1, 0.15) is 31.4 Å². The number of hydrogen-bond acceptors (Lipinski definition) is 5. The number of thiazole rings is 1. The number of hydrogen-bond donors (Lipinski definition) is 1. The quantitative estimate of drug-likeness (QED) is 0.936. The van der Waals surface area contributed by atoms with Crippen molar-refractivity contribution in [2.75, 3.05) is 13.1 Å². The monoisotopic (exact) mass is 331 g/mol. The predicted molar refractivity (Wildman–Crippen MR) is 89.3 cm³/mol. The van der Waals surface area contributed by atoms with Crippen LogP contribution in [-0.2, 0) is 11.2 Å². The summed E-state index contributed by atoms with van der Waals surface area (Å²) in [5, 5.41) is 6.01. The molecule has 2 aromatic rings.